The summed E-state index contributed by atoms with van der Waals surface area (Å²) in [6.07, 6.45) is -1.61. The summed E-state index contributed by atoms with van der Waals surface area (Å²) in [6.45, 7) is 0. The van der Waals surface area contributed by atoms with Crippen LogP contribution >= 0.6 is 0 Å². The molecule has 1 radical (unpaired) electrons. The van der Waals surface area contributed by atoms with Crippen LogP contribution in [0.15, 0.2) is 0 Å². The average Bonchev–Trinajstić information content (AvgIpc) is 1.84. The first-order chi connectivity index (χ1) is 5.30. The van der Waals surface area contributed by atoms with Gasteiger partial charge in [0.1, 0.15) is 5.60 Å². The Morgan fingerprint density at radius 1 is 1.08 bits per heavy atom. The van der Waals surface area contributed by atoms with Gasteiger partial charge >= 0.3 is 17.1 Å². The minimum absolute atomic E-state index is 0. The summed E-state index contributed by atoms with van der Waals surface area (Å²) in [5.74, 6) is -6.94. The van der Waals surface area contributed by atoms with Crippen LogP contribution in [0.2, 0.25) is 0 Å². The molecule has 0 aliphatic rings. The molecule has 0 aromatic heterocycles. The van der Waals surface area contributed by atoms with Crippen molar-refractivity contribution in [3.05, 3.63) is 0 Å². The van der Waals surface area contributed by atoms with E-state index in [1.165, 1.54) is 0 Å². The molecule has 0 unspecified atom stereocenters. The van der Waals surface area contributed by atoms with Gasteiger partial charge in [0.05, 0.1) is 11.9 Å². The number of aliphatic carboxylic acids is 3. The second-order valence-electron chi connectivity index (χ2n) is 1.98. The van der Waals surface area contributed by atoms with E-state index in [0.29, 0.717) is 0 Å². The van der Waals surface area contributed by atoms with Crippen molar-refractivity contribution in [1.29, 1.82) is 0 Å². The fourth-order valence-corrected chi connectivity index (χ4v) is 0.437. The molecule has 0 aliphatic carbocycles. The Balaban J connectivity index is 0. The minimum atomic E-state index is -3.53. The van der Waals surface area contributed by atoms with E-state index < -0.39 is 29.9 Å². The van der Waals surface area contributed by atoms with Crippen LogP contribution in [0.4, 0.5) is 0 Å². The van der Waals surface area contributed by atoms with E-state index in [4.69, 9.17) is 5.11 Å². The molecule has 1 N–H and O–H groups in total. The molecule has 0 atom stereocenters. The summed E-state index contributed by atoms with van der Waals surface area (Å²) >= 11 is 0. The molecule has 0 heterocycles. The van der Waals surface area contributed by atoms with Crippen molar-refractivity contribution < 1.29 is 51.9 Å². The Labute approximate surface area is 82.5 Å². The van der Waals surface area contributed by atoms with Crippen LogP contribution in [0.1, 0.15) is 6.42 Å². The fourth-order valence-electron chi connectivity index (χ4n) is 0.437. The third-order valence-electron chi connectivity index (χ3n) is 1.08. The standard InChI is InChI=1S/C5H6O7.Fe/c6-2(7)1-5(12,3(8)9)4(10)11;/h12H,1H2,(H,6,7)(H,8,9)(H,10,11);/q;+3/p-3. The Kier molecular flexibility index (Phi) is 5.33. The maximum atomic E-state index is 9.93. The molecule has 0 aromatic rings. The van der Waals surface area contributed by atoms with Gasteiger partial charge in [-0.05, 0) is 0 Å². The third-order valence-corrected chi connectivity index (χ3v) is 1.08. The van der Waals surface area contributed by atoms with Gasteiger partial charge in [0.15, 0.2) is 0 Å². The first-order valence-electron chi connectivity index (χ1n) is 2.66. The number of hydrogen-bond acceptors (Lipinski definition) is 7. The summed E-state index contributed by atoms with van der Waals surface area (Å²) in [6, 6.07) is 0. The average molecular weight is 231 g/mol. The zero-order valence-electron chi connectivity index (χ0n) is 5.96. The maximum Gasteiger partial charge on any atom is 3.00 e. The summed E-state index contributed by atoms with van der Waals surface area (Å²) in [4.78, 5) is 29.6. The van der Waals surface area contributed by atoms with E-state index in [1.54, 1.807) is 0 Å². The molecule has 0 rings (SSSR count). The number of hydrogen-bond donors (Lipinski definition) is 1. The van der Waals surface area contributed by atoms with E-state index in [2.05, 4.69) is 0 Å². The van der Waals surface area contributed by atoms with Crippen LogP contribution in [0.3, 0.4) is 0 Å². The fraction of sp³-hybridized carbons (Fsp3) is 0.400. The van der Waals surface area contributed by atoms with Gasteiger partial charge in [-0.1, -0.05) is 0 Å². The van der Waals surface area contributed by atoms with E-state index >= 15 is 0 Å². The SMILES string of the molecule is O=C([O-])CC(O)(C(=O)[O-])C(=O)[O-].[Fe+3]. The van der Waals surface area contributed by atoms with Crippen molar-refractivity contribution in [1.82, 2.24) is 0 Å². The Morgan fingerprint density at radius 3 is 1.46 bits per heavy atom. The van der Waals surface area contributed by atoms with Gasteiger partial charge < -0.3 is 34.8 Å². The zero-order valence-corrected chi connectivity index (χ0v) is 7.06. The largest absolute Gasteiger partial charge is 3.00 e. The molecule has 0 bridgehead atoms. The molecule has 73 valence electrons. The number of carbonyl (C=O) groups excluding carboxylic acids is 3. The molecular weight excluding hydrogens is 228 g/mol. The molecule has 0 fully saturated rings. The van der Waals surface area contributed by atoms with Gasteiger partial charge in [0.25, 0.3) is 0 Å². The van der Waals surface area contributed by atoms with E-state index in [1.807, 2.05) is 0 Å². The van der Waals surface area contributed by atoms with E-state index in [9.17, 15) is 29.7 Å². The second-order valence-corrected chi connectivity index (χ2v) is 1.98. The van der Waals surface area contributed by atoms with Crippen LogP contribution in [-0.4, -0.2) is 28.6 Å². The number of carbonyl (C=O) groups is 3. The predicted octanol–water partition coefficient (Wildman–Crippen LogP) is -5.65. The van der Waals surface area contributed by atoms with Crippen molar-refractivity contribution in [3.63, 3.8) is 0 Å². The molecule has 0 aromatic carbocycles. The normalized spacial score (nSPS) is 9.92. The topological polar surface area (TPSA) is 141 Å². The summed E-state index contributed by atoms with van der Waals surface area (Å²) < 4.78 is 0. The second kappa shape index (κ2) is 4.80. The summed E-state index contributed by atoms with van der Waals surface area (Å²) in [7, 11) is 0. The van der Waals surface area contributed by atoms with Gasteiger partial charge in [0, 0.05) is 12.4 Å². The zero-order chi connectivity index (χ0) is 9.94. The van der Waals surface area contributed by atoms with Crippen molar-refractivity contribution >= 4 is 17.9 Å². The predicted molar refractivity (Wildman–Crippen MR) is 24.6 cm³/mol. The van der Waals surface area contributed by atoms with Crippen LogP contribution in [-0.2, 0) is 31.5 Å². The maximum absolute atomic E-state index is 9.93. The molecule has 0 spiro atoms. The molecule has 7 nitrogen and oxygen atoms in total. The Hall–Kier alpha value is -1.11. The quantitative estimate of drug-likeness (QED) is 0.375. The number of carboxylic acids is 3. The Morgan fingerprint density at radius 2 is 1.38 bits per heavy atom. The first kappa shape index (κ1) is 14.4. The molecule has 0 saturated carbocycles. The van der Waals surface area contributed by atoms with Gasteiger partial charge in [-0.15, -0.1) is 0 Å². The van der Waals surface area contributed by atoms with Crippen LogP contribution in [0.5, 0.6) is 0 Å². The van der Waals surface area contributed by atoms with E-state index in [0.717, 1.165) is 0 Å². The molecule has 0 aliphatic heterocycles. The van der Waals surface area contributed by atoms with E-state index in [-0.39, 0.29) is 17.1 Å². The van der Waals surface area contributed by atoms with Gasteiger partial charge in [-0.3, -0.25) is 0 Å². The van der Waals surface area contributed by atoms with Crippen molar-refractivity contribution in [2.24, 2.45) is 0 Å². The molecule has 0 amide bonds. The molecule has 0 saturated heterocycles. The number of carboxylic acid groups (broad SMARTS) is 3. The minimum Gasteiger partial charge on any atom is -0.550 e. The number of rotatable bonds is 4. The smallest absolute Gasteiger partial charge is 0.550 e. The van der Waals surface area contributed by atoms with Crippen molar-refractivity contribution in [2.45, 2.75) is 12.0 Å². The van der Waals surface area contributed by atoms with Gasteiger partial charge in [0.2, 0.25) is 0 Å². The summed E-state index contributed by atoms with van der Waals surface area (Å²) in [5, 5.41) is 38.2. The van der Waals surface area contributed by atoms with Crippen LogP contribution < -0.4 is 15.3 Å². The molecule has 8 heteroatoms. The van der Waals surface area contributed by atoms with Gasteiger partial charge in [-0.2, -0.15) is 0 Å². The summed E-state index contributed by atoms with van der Waals surface area (Å²) in [5.41, 5.74) is -3.53. The monoisotopic (exact) mass is 231 g/mol. The van der Waals surface area contributed by atoms with Crippen molar-refractivity contribution in [2.75, 3.05) is 0 Å². The first-order valence-corrected chi connectivity index (χ1v) is 2.66. The Bertz CT molecular complexity index is 221. The van der Waals surface area contributed by atoms with Crippen molar-refractivity contribution in [3.8, 4) is 0 Å². The van der Waals surface area contributed by atoms with Crippen LogP contribution in [0, 0.1) is 0 Å². The molecular formula is C5H3FeO7. The van der Waals surface area contributed by atoms with Crippen LogP contribution in [0.25, 0.3) is 0 Å². The number of aliphatic hydroxyl groups is 1. The third kappa shape index (κ3) is 3.41. The molecule has 13 heavy (non-hydrogen) atoms. The van der Waals surface area contributed by atoms with Gasteiger partial charge in [-0.25, -0.2) is 0 Å².